The van der Waals surface area contributed by atoms with Crippen LogP contribution in [0.3, 0.4) is 0 Å². The van der Waals surface area contributed by atoms with Crippen molar-refractivity contribution in [3.8, 4) is 11.3 Å². The van der Waals surface area contributed by atoms with Crippen molar-refractivity contribution in [2.45, 2.75) is 25.4 Å². The van der Waals surface area contributed by atoms with Crippen LogP contribution in [-0.4, -0.2) is 39.6 Å². The Hall–Kier alpha value is -1.40. The third-order valence-corrected chi connectivity index (χ3v) is 5.69. The quantitative estimate of drug-likeness (QED) is 0.540. The van der Waals surface area contributed by atoms with Gasteiger partial charge >= 0.3 is 0 Å². The molecule has 0 bridgehead atoms. The predicted octanol–water partition coefficient (Wildman–Crippen LogP) is 4.50. The minimum Gasteiger partial charge on any atom is -0.341 e. The maximum Gasteiger partial charge on any atom is 0.233 e. The number of halogens is 1. The van der Waals surface area contributed by atoms with Crippen LogP contribution < -0.4 is 0 Å². The van der Waals surface area contributed by atoms with Crippen LogP contribution in [0.1, 0.15) is 20.3 Å². The number of hydrogen-bond donors (Lipinski definition) is 0. The number of hydrogen-bond acceptors (Lipinski definition) is 4. The largest absolute Gasteiger partial charge is 0.341 e. The Kier molecular flexibility index (Phi) is 6.12. The Morgan fingerprint density at radius 1 is 1.20 bits per heavy atom. The lowest BCUT2D eigenvalue weighted by molar-refractivity contribution is -0.130. The van der Waals surface area contributed by atoms with Crippen molar-refractivity contribution in [1.29, 1.82) is 0 Å². The molecule has 1 aromatic heterocycles. The Morgan fingerprint density at radius 2 is 1.88 bits per heavy atom. The lowest BCUT2D eigenvalue weighted by Crippen LogP contribution is -2.43. The van der Waals surface area contributed by atoms with Crippen molar-refractivity contribution in [3.63, 3.8) is 0 Å². The third-order valence-electron chi connectivity index (χ3n) is 4.32. The molecule has 0 spiro atoms. The van der Waals surface area contributed by atoms with E-state index in [2.05, 4.69) is 39.7 Å². The van der Waals surface area contributed by atoms with E-state index in [1.54, 1.807) is 6.20 Å². The van der Waals surface area contributed by atoms with E-state index in [1.165, 1.54) is 18.2 Å². The number of piperidine rings is 1. The fraction of sp³-hybridized carbons (Fsp3) is 0.421. The van der Waals surface area contributed by atoms with Crippen molar-refractivity contribution in [3.05, 3.63) is 41.0 Å². The smallest absolute Gasteiger partial charge is 0.233 e. The summed E-state index contributed by atoms with van der Waals surface area (Å²) in [5.74, 6) is 1.73. The Bertz CT molecular complexity index is 728. The van der Waals surface area contributed by atoms with Crippen molar-refractivity contribution < 1.29 is 4.79 Å². The summed E-state index contributed by atoms with van der Waals surface area (Å²) in [6, 6.07) is 9.91. The summed E-state index contributed by atoms with van der Waals surface area (Å²) in [4.78, 5) is 23.4. The van der Waals surface area contributed by atoms with E-state index < -0.39 is 0 Å². The van der Waals surface area contributed by atoms with Gasteiger partial charge in [0.2, 0.25) is 5.91 Å². The second-order valence-corrected chi connectivity index (χ2v) is 8.62. The minimum atomic E-state index is 0.182. The zero-order chi connectivity index (χ0) is 17.8. The summed E-state index contributed by atoms with van der Waals surface area (Å²) >= 11 is 4.85. The van der Waals surface area contributed by atoms with Crippen LogP contribution in [0.25, 0.3) is 11.3 Å². The molecule has 2 atom stereocenters. The van der Waals surface area contributed by atoms with E-state index in [1.807, 2.05) is 35.2 Å². The van der Waals surface area contributed by atoms with Crippen LogP contribution in [0.15, 0.2) is 46.2 Å². The maximum atomic E-state index is 12.5. The van der Waals surface area contributed by atoms with Crippen molar-refractivity contribution in [1.82, 2.24) is 14.9 Å². The van der Waals surface area contributed by atoms with E-state index in [9.17, 15) is 4.79 Å². The topological polar surface area (TPSA) is 46.1 Å². The monoisotopic (exact) mass is 419 g/mol. The predicted molar refractivity (Wildman–Crippen MR) is 105 cm³/mol. The molecule has 0 N–H and O–H groups in total. The van der Waals surface area contributed by atoms with Crippen molar-refractivity contribution in [2.24, 2.45) is 11.8 Å². The van der Waals surface area contributed by atoms with E-state index >= 15 is 0 Å². The van der Waals surface area contributed by atoms with Gasteiger partial charge in [-0.25, -0.2) is 9.97 Å². The summed E-state index contributed by atoms with van der Waals surface area (Å²) in [5, 5.41) is 0.645. The standard InChI is InChI=1S/C19H22BrN3OS/c1-13-9-14(2)11-23(10-13)18(24)12-25-19-21-8-7-17(22-19)15-3-5-16(20)6-4-15/h3-8,13-14H,9-12H2,1-2H3/t13-,14-/m1/s1. The molecule has 4 nitrogen and oxygen atoms in total. The number of amides is 1. The normalized spacial score (nSPS) is 20.5. The highest BCUT2D eigenvalue weighted by atomic mass is 79.9. The van der Waals surface area contributed by atoms with Gasteiger partial charge in [-0.3, -0.25) is 4.79 Å². The molecule has 1 aliphatic heterocycles. The molecule has 25 heavy (non-hydrogen) atoms. The second-order valence-electron chi connectivity index (χ2n) is 6.76. The van der Waals surface area contributed by atoms with E-state index in [-0.39, 0.29) is 5.91 Å². The first-order valence-corrected chi connectivity index (χ1v) is 10.3. The van der Waals surface area contributed by atoms with Gasteiger partial charge < -0.3 is 4.90 Å². The van der Waals surface area contributed by atoms with E-state index in [4.69, 9.17) is 0 Å². The van der Waals surface area contributed by atoms with Crippen molar-refractivity contribution >= 4 is 33.6 Å². The number of rotatable bonds is 4. The average Bonchev–Trinajstić information content (AvgIpc) is 2.60. The molecule has 3 rings (SSSR count). The van der Waals surface area contributed by atoms with Crippen LogP contribution in [0.4, 0.5) is 0 Å². The molecule has 0 saturated carbocycles. The fourth-order valence-electron chi connectivity index (χ4n) is 3.28. The van der Waals surface area contributed by atoms with Gasteiger partial charge in [0.1, 0.15) is 0 Å². The highest BCUT2D eigenvalue weighted by molar-refractivity contribution is 9.10. The summed E-state index contributed by atoms with van der Waals surface area (Å²) in [6.07, 6.45) is 2.96. The molecule has 1 saturated heterocycles. The summed E-state index contributed by atoms with van der Waals surface area (Å²) < 4.78 is 1.04. The van der Waals surface area contributed by atoms with Crippen LogP contribution >= 0.6 is 27.7 Å². The molecule has 1 fully saturated rings. The van der Waals surface area contributed by atoms with Gasteiger partial charge in [-0.1, -0.05) is 53.7 Å². The first-order chi connectivity index (χ1) is 12.0. The summed E-state index contributed by atoms with van der Waals surface area (Å²) in [7, 11) is 0. The van der Waals surface area contributed by atoms with Crippen LogP contribution in [0.5, 0.6) is 0 Å². The molecule has 1 amide bonds. The molecule has 0 unspecified atom stereocenters. The van der Waals surface area contributed by atoms with Gasteiger partial charge in [-0.05, 0) is 36.5 Å². The first-order valence-electron chi connectivity index (χ1n) is 8.51. The van der Waals surface area contributed by atoms with Gasteiger partial charge in [0.25, 0.3) is 0 Å². The van der Waals surface area contributed by atoms with Crippen molar-refractivity contribution in [2.75, 3.05) is 18.8 Å². The summed E-state index contributed by atoms with van der Waals surface area (Å²) in [5.41, 5.74) is 1.91. The van der Waals surface area contributed by atoms with Crippen LogP contribution in [0.2, 0.25) is 0 Å². The minimum absolute atomic E-state index is 0.182. The maximum absolute atomic E-state index is 12.5. The number of likely N-dealkylation sites (tertiary alicyclic amines) is 1. The zero-order valence-electron chi connectivity index (χ0n) is 14.5. The molecule has 0 radical (unpaired) electrons. The first kappa shape index (κ1) is 18.4. The van der Waals surface area contributed by atoms with Gasteiger partial charge in [0.05, 0.1) is 11.4 Å². The number of thioether (sulfide) groups is 1. The zero-order valence-corrected chi connectivity index (χ0v) is 16.9. The van der Waals surface area contributed by atoms with Gasteiger partial charge in [-0.15, -0.1) is 0 Å². The molecule has 1 aliphatic rings. The SMILES string of the molecule is C[C@@H]1C[C@@H](C)CN(C(=O)CSc2nccc(-c3ccc(Br)cc3)n2)C1. The highest BCUT2D eigenvalue weighted by Gasteiger charge is 2.25. The highest BCUT2D eigenvalue weighted by Crippen LogP contribution is 2.24. The Labute approximate surface area is 161 Å². The molecule has 1 aromatic carbocycles. The lowest BCUT2D eigenvalue weighted by atomic mass is 9.92. The Balaban J connectivity index is 1.62. The number of carbonyl (C=O) groups excluding carboxylic acids is 1. The molecule has 2 aromatic rings. The molecule has 0 aliphatic carbocycles. The average molecular weight is 420 g/mol. The fourth-order valence-corrected chi connectivity index (χ4v) is 4.27. The second kappa shape index (κ2) is 8.32. The van der Waals surface area contributed by atoms with Gasteiger partial charge in [0, 0.05) is 29.3 Å². The van der Waals surface area contributed by atoms with E-state index in [0.29, 0.717) is 22.7 Å². The lowest BCUT2D eigenvalue weighted by Gasteiger charge is -2.34. The summed E-state index contributed by atoms with van der Waals surface area (Å²) in [6.45, 7) is 6.16. The number of carbonyl (C=O) groups is 1. The van der Waals surface area contributed by atoms with Gasteiger partial charge in [-0.2, -0.15) is 0 Å². The van der Waals surface area contributed by atoms with Crippen LogP contribution in [0, 0.1) is 11.8 Å². The third kappa shape index (κ3) is 5.05. The van der Waals surface area contributed by atoms with E-state index in [0.717, 1.165) is 28.8 Å². The molecular formula is C19H22BrN3OS. The number of nitrogens with zero attached hydrogens (tertiary/aromatic N) is 3. The molecular weight excluding hydrogens is 398 g/mol. The Morgan fingerprint density at radius 3 is 2.56 bits per heavy atom. The molecule has 132 valence electrons. The van der Waals surface area contributed by atoms with Gasteiger partial charge in [0.15, 0.2) is 5.16 Å². The number of benzene rings is 1. The number of aromatic nitrogens is 2. The molecule has 6 heteroatoms. The molecule has 2 heterocycles. The van der Waals surface area contributed by atoms with Crippen LogP contribution in [-0.2, 0) is 4.79 Å².